The van der Waals surface area contributed by atoms with Gasteiger partial charge in [0, 0.05) is 24.6 Å². The number of piperidine rings is 1. The minimum Gasteiger partial charge on any atom is -0.494 e. The van der Waals surface area contributed by atoms with Crippen LogP contribution in [-0.2, 0) is 9.59 Å². The van der Waals surface area contributed by atoms with Crippen LogP contribution in [0.15, 0.2) is 30.6 Å². The third kappa shape index (κ3) is 4.14. The second kappa shape index (κ2) is 7.90. The lowest BCUT2D eigenvalue weighted by Gasteiger charge is -2.25. The Morgan fingerprint density at radius 2 is 2.15 bits per heavy atom. The molecule has 1 aliphatic rings. The lowest BCUT2D eigenvalue weighted by atomic mass is 10.1. The molecule has 0 spiro atoms. The van der Waals surface area contributed by atoms with Crippen molar-refractivity contribution in [1.82, 2.24) is 14.9 Å². The monoisotopic (exact) mass is 358 g/mol. The van der Waals surface area contributed by atoms with Gasteiger partial charge >= 0.3 is 0 Å². The van der Waals surface area contributed by atoms with E-state index in [-0.39, 0.29) is 24.1 Å². The molecule has 2 aromatic rings. The number of carbonyl (C=O) groups excluding carboxylic acids is 2. The van der Waals surface area contributed by atoms with Gasteiger partial charge in [0.05, 0.1) is 19.3 Å². The molecule has 0 aliphatic carbocycles. The maximum atomic E-state index is 13.5. The van der Waals surface area contributed by atoms with Gasteiger partial charge in [0.15, 0.2) is 11.6 Å². The van der Waals surface area contributed by atoms with E-state index in [1.54, 1.807) is 17.0 Å². The molecule has 7 nitrogen and oxygen atoms in total. The molecule has 26 heavy (non-hydrogen) atoms. The van der Waals surface area contributed by atoms with E-state index in [9.17, 15) is 14.0 Å². The number of hydrogen-bond donors (Lipinski definition) is 1. The molecular weight excluding hydrogens is 339 g/mol. The molecule has 1 N–H and O–H groups in total. The molecule has 2 amide bonds. The lowest BCUT2D eigenvalue weighted by molar-refractivity contribution is -0.136. The number of ether oxygens (including phenoxy) is 1. The van der Waals surface area contributed by atoms with Gasteiger partial charge in [-0.1, -0.05) is 0 Å². The van der Waals surface area contributed by atoms with E-state index < -0.39 is 5.82 Å². The molecule has 0 unspecified atom stereocenters. The summed E-state index contributed by atoms with van der Waals surface area (Å²) in [5.41, 5.74) is 1.15. The van der Waals surface area contributed by atoms with Crippen LogP contribution in [0, 0.1) is 5.82 Å². The van der Waals surface area contributed by atoms with Crippen LogP contribution < -0.4 is 10.1 Å². The molecule has 1 aliphatic heterocycles. The van der Waals surface area contributed by atoms with Gasteiger partial charge in [-0.25, -0.2) is 14.4 Å². The summed E-state index contributed by atoms with van der Waals surface area (Å²) in [4.78, 5) is 33.7. The number of hydrogen-bond acceptors (Lipinski definition) is 5. The summed E-state index contributed by atoms with van der Waals surface area (Å²) in [5.74, 6) is -0.372. The van der Waals surface area contributed by atoms with E-state index in [4.69, 9.17) is 4.74 Å². The Hall–Kier alpha value is -3.03. The second-order valence-electron chi connectivity index (χ2n) is 5.96. The van der Waals surface area contributed by atoms with Gasteiger partial charge in [-0.05, 0) is 31.0 Å². The molecule has 0 bridgehead atoms. The Labute approximate surface area is 150 Å². The molecule has 1 fully saturated rings. The molecule has 0 atom stereocenters. The van der Waals surface area contributed by atoms with Crippen LogP contribution >= 0.6 is 0 Å². The smallest absolute Gasteiger partial charge is 0.245 e. The van der Waals surface area contributed by atoms with Crippen molar-refractivity contribution in [1.29, 1.82) is 0 Å². The predicted octanol–water partition coefficient (Wildman–Crippen LogP) is 2.24. The van der Waals surface area contributed by atoms with Crippen molar-refractivity contribution in [3.63, 3.8) is 0 Å². The van der Waals surface area contributed by atoms with Crippen LogP contribution in [-0.4, -0.2) is 46.9 Å². The van der Waals surface area contributed by atoms with Gasteiger partial charge in [0.2, 0.25) is 11.8 Å². The average Bonchev–Trinajstić information content (AvgIpc) is 2.64. The number of halogens is 1. The number of nitrogens with one attached hydrogen (secondary N) is 1. The minimum absolute atomic E-state index is 0.00252. The van der Waals surface area contributed by atoms with Crippen molar-refractivity contribution in [2.24, 2.45) is 0 Å². The molecule has 1 saturated heterocycles. The molecular formula is C18H19FN4O3. The fourth-order valence-electron chi connectivity index (χ4n) is 2.79. The predicted molar refractivity (Wildman–Crippen MR) is 93.0 cm³/mol. The van der Waals surface area contributed by atoms with Gasteiger partial charge in [-0.3, -0.25) is 9.59 Å². The molecule has 0 radical (unpaired) electrons. The van der Waals surface area contributed by atoms with Gasteiger partial charge in [0.25, 0.3) is 0 Å². The summed E-state index contributed by atoms with van der Waals surface area (Å²) in [6.07, 6.45) is 3.57. The van der Waals surface area contributed by atoms with Gasteiger partial charge in [-0.2, -0.15) is 0 Å². The van der Waals surface area contributed by atoms with Crippen LogP contribution in [0.3, 0.4) is 0 Å². The zero-order valence-corrected chi connectivity index (χ0v) is 14.4. The third-order valence-corrected chi connectivity index (χ3v) is 4.14. The van der Waals surface area contributed by atoms with Gasteiger partial charge < -0.3 is 15.0 Å². The van der Waals surface area contributed by atoms with E-state index in [2.05, 4.69) is 15.3 Å². The summed E-state index contributed by atoms with van der Waals surface area (Å²) >= 11 is 0. The Balaban J connectivity index is 1.71. The maximum absolute atomic E-state index is 13.5. The highest BCUT2D eigenvalue weighted by Crippen LogP contribution is 2.25. The molecule has 8 heteroatoms. The number of anilines is 1. The third-order valence-electron chi connectivity index (χ3n) is 4.14. The normalized spacial score (nSPS) is 14.2. The minimum atomic E-state index is -0.468. The molecule has 1 aromatic carbocycles. The second-order valence-corrected chi connectivity index (χ2v) is 5.96. The number of aromatic nitrogens is 2. The first-order valence-electron chi connectivity index (χ1n) is 8.30. The first kappa shape index (κ1) is 17.8. The van der Waals surface area contributed by atoms with Gasteiger partial charge in [0.1, 0.15) is 12.1 Å². The van der Waals surface area contributed by atoms with Crippen molar-refractivity contribution < 1.29 is 18.7 Å². The highest BCUT2D eigenvalue weighted by molar-refractivity contribution is 5.94. The topological polar surface area (TPSA) is 84.4 Å². The molecule has 3 rings (SSSR count). The highest BCUT2D eigenvalue weighted by atomic mass is 19.1. The van der Waals surface area contributed by atoms with Crippen LogP contribution in [0.2, 0.25) is 0 Å². The van der Waals surface area contributed by atoms with Crippen LogP contribution in [0.25, 0.3) is 11.3 Å². The standard InChI is InChI=1S/C18H19FN4O3/c1-26-15-8-12(5-6-13(15)19)14-9-16(21-11-20-14)22-17(24)10-23-7-3-2-4-18(23)25/h5-6,8-9,11H,2-4,7,10H2,1H3,(H,20,21,22,24). The summed E-state index contributed by atoms with van der Waals surface area (Å²) in [7, 11) is 1.38. The van der Waals surface area contributed by atoms with Crippen LogP contribution in [0.5, 0.6) is 5.75 Å². The fraction of sp³-hybridized carbons (Fsp3) is 0.333. The lowest BCUT2D eigenvalue weighted by Crippen LogP contribution is -2.40. The average molecular weight is 358 g/mol. The molecule has 0 saturated carbocycles. The van der Waals surface area contributed by atoms with E-state index in [1.165, 1.54) is 25.6 Å². The largest absolute Gasteiger partial charge is 0.494 e. The number of carbonyl (C=O) groups is 2. The highest BCUT2D eigenvalue weighted by Gasteiger charge is 2.20. The zero-order valence-electron chi connectivity index (χ0n) is 14.4. The Kier molecular flexibility index (Phi) is 5.40. The molecule has 1 aromatic heterocycles. The maximum Gasteiger partial charge on any atom is 0.245 e. The Morgan fingerprint density at radius 3 is 2.92 bits per heavy atom. The van der Waals surface area contributed by atoms with E-state index >= 15 is 0 Å². The van der Waals surface area contributed by atoms with Crippen molar-refractivity contribution in [2.45, 2.75) is 19.3 Å². The Morgan fingerprint density at radius 1 is 1.31 bits per heavy atom. The fourth-order valence-corrected chi connectivity index (χ4v) is 2.79. The van der Waals surface area contributed by atoms with Crippen molar-refractivity contribution >= 4 is 17.6 Å². The number of likely N-dealkylation sites (tertiary alicyclic amines) is 1. The number of nitrogens with zero attached hydrogens (tertiary/aromatic N) is 3. The quantitative estimate of drug-likeness (QED) is 0.886. The van der Waals surface area contributed by atoms with Crippen LogP contribution in [0.4, 0.5) is 10.2 Å². The summed E-state index contributed by atoms with van der Waals surface area (Å²) in [6.45, 7) is 0.596. The first-order chi connectivity index (χ1) is 12.6. The van der Waals surface area contributed by atoms with E-state index in [0.29, 0.717) is 30.0 Å². The molecule has 2 heterocycles. The number of rotatable bonds is 5. The summed E-state index contributed by atoms with van der Waals surface area (Å²) in [5, 5.41) is 2.67. The van der Waals surface area contributed by atoms with E-state index in [0.717, 1.165) is 12.8 Å². The Bertz CT molecular complexity index is 828. The SMILES string of the molecule is COc1cc(-c2cc(NC(=O)CN3CCCCC3=O)ncn2)ccc1F. The van der Waals surface area contributed by atoms with Crippen molar-refractivity contribution in [3.05, 3.63) is 36.4 Å². The summed E-state index contributed by atoms with van der Waals surface area (Å²) in [6, 6.07) is 5.97. The number of benzene rings is 1. The zero-order chi connectivity index (χ0) is 18.5. The van der Waals surface area contributed by atoms with Crippen molar-refractivity contribution in [3.8, 4) is 17.0 Å². The first-order valence-corrected chi connectivity index (χ1v) is 8.30. The van der Waals surface area contributed by atoms with Gasteiger partial charge in [-0.15, -0.1) is 0 Å². The van der Waals surface area contributed by atoms with Crippen LogP contribution in [0.1, 0.15) is 19.3 Å². The number of methoxy groups -OCH3 is 1. The number of amides is 2. The van der Waals surface area contributed by atoms with Crippen molar-refractivity contribution in [2.75, 3.05) is 25.5 Å². The van der Waals surface area contributed by atoms with E-state index in [1.807, 2.05) is 0 Å². The summed E-state index contributed by atoms with van der Waals surface area (Å²) < 4.78 is 18.5. The molecule has 136 valence electrons.